The van der Waals surface area contributed by atoms with Crippen LogP contribution in [0.1, 0.15) is 182 Å². The standard InChI is InChI=1S/C21H23N3O3S.C19H23N3O2S.C18H19N3O2S.C16H15N3OS.C15H14N2OS.C14H12N2OS.C5H10O/c1-11-6-7-13-14(23-11)8-9-15-16(13)17-18(28-15)19(25)24(12(2)10-22-17)20(26)27-21(3,4)5;1-10-6-7-13-14(21-10)8-9-15-16(13)17(18(25-15)12(3)23)22-19(24-5)11(2)20-4;1-9-5-6-11-12(19-9)7-8-13-14(11)15-16(24-13)18(22)21(3)10(2)17(20-15)23-4;1-8-3-4-10-11(18-8)5-6-12-13(10)14-15(21-12)16(20)19-9(2)7-17-14;1-8-4-5-10-11(17-8)6-7-12-13(10)14(16-3)15(19-12)9(2)18;1-7-3-4-9-10(16-7)5-6-11-12(9)13(15)14(18-11)8(2)17;1-3-5(2)4-6/h6-9,12,22H,10H2,1-5H3;6-9,11,19-20,22H,1-5H3;5-8,10,17,20H,1-4H3;3-6,9,17H,7H2,1-2H3,(H,19,20);4-7,16H,1-3H3;3-6H,15H2,1-2H3;4-5H,3H2,1-2H3. The van der Waals surface area contributed by atoms with E-state index >= 15 is 0 Å². The number of fused-ring (bicyclic) bond motifs is 24. The number of anilines is 6. The highest BCUT2D eigenvalue weighted by atomic mass is 32.1. The summed E-state index contributed by atoms with van der Waals surface area (Å²) in [6.07, 6.45) is 0.809. The molecule has 12 aromatic heterocycles. The number of amides is 4. The van der Waals surface area contributed by atoms with Crippen LogP contribution in [0.25, 0.3) is 126 Å². The molecule has 6 aromatic carbocycles. The van der Waals surface area contributed by atoms with Crippen LogP contribution in [-0.2, 0) is 19.0 Å². The summed E-state index contributed by atoms with van der Waals surface area (Å²) in [4.78, 5) is 131. The third-order valence-corrected chi connectivity index (χ3v) is 32.1. The number of hydrogen-bond acceptors (Lipinski definition) is 30. The first-order valence-electron chi connectivity index (χ1n) is 46.5. The van der Waals surface area contributed by atoms with Gasteiger partial charge in [-0.1, -0.05) is 50.2 Å². The Balaban J connectivity index is 0.000000127. The number of thiophene rings is 6. The third kappa shape index (κ3) is 21.1. The van der Waals surface area contributed by atoms with Crippen molar-refractivity contribution in [3.05, 3.63) is 209 Å². The quantitative estimate of drug-likeness (QED) is 0.0320. The van der Waals surface area contributed by atoms with Crippen LogP contribution in [0, 0.1) is 47.5 Å². The maximum Gasteiger partial charge on any atom is 0.417 e. The fourth-order valence-corrected chi connectivity index (χ4v) is 23.8. The lowest BCUT2D eigenvalue weighted by Gasteiger charge is -2.28. The van der Waals surface area contributed by atoms with Crippen molar-refractivity contribution in [2.45, 2.75) is 173 Å². The van der Waals surface area contributed by atoms with Crippen LogP contribution in [0.3, 0.4) is 0 Å². The summed E-state index contributed by atoms with van der Waals surface area (Å²) in [5, 5.41) is 35.6. The van der Waals surface area contributed by atoms with Crippen LogP contribution in [0.2, 0.25) is 0 Å². The zero-order valence-electron chi connectivity index (χ0n) is 83.2. The first-order chi connectivity index (χ1) is 67.2. The summed E-state index contributed by atoms with van der Waals surface area (Å²) in [6, 6.07) is 48.4. The monoisotopic (exact) mass is 2000 g/mol. The fourth-order valence-electron chi connectivity index (χ4n) is 17.2. The van der Waals surface area contributed by atoms with Crippen LogP contribution in [0.15, 0.2) is 146 Å². The second-order valence-corrected chi connectivity index (χ2v) is 42.9. The summed E-state index contributed by atoms with van der Waals surface area (Å²) in [7, 11) is 8.89. The molecule has 0 radical (unpaired) electrons. The molecule has 0 aliphatic carbocycles. The molecule has 0 saturated carbocycles. The number of imide groups is 1. The molecule has 0 fully saturated rings. The number of Topliss-reactive ketones (excluding diaryl/α,β-unsaturated/α-hetero) is 3. The largest absolute Gasteiger partial charge is 0.443 e. The number of methoxy groups -OCH3 is 2. The van der Waals surface area contributed by atoms with Crippen LogP contribution in [0.4, 0.5) is 38.9 Å². The van der Waals surface area contributed by atoms with Gasteiger partial charge in [0.1, 0.15) is 39.0 Å². The highest BCUT2D eigenvalue weighted by Crippen LogP contribution is 2.48. The highest BCUT2D eigenvalue weighted by Gasteiger charge is 2.39. The number of nitrogens with one attached hydrogen (secondary N) is 7. The molecule has 3 aliphatic heterocycles. The molecule has 3 aliphatic rings. The molecule has 141 heavy (non-hydrogen) atoms. The number of aldehydes is 1. The van der Waals surface area contributed by atoms with Gasteiger partial charge in [-0.25, -0.2) is 9.69 Å². The predicted molar refractivity (Wildman–Crippen MR) is 585 cm³/mol. The van der Waals surface area contributed by atoms with Gasteiger partial charge in [0.25, 0.3) is 17.7 Å². The number of hydrogen-bond donors (Lipinski definition) is 8. The number of nitrogens with zero attached hydrogens (tertiary/aromatic N) is 8. The molecule has 27 nitrogen and oxygen atoms in total. The summed E-state index contributed by atoms with van der Waals surface area (Å²) < 4.78 is 23.1. The van der Waals surface area contributed by atoms with Gasteiger partial charge in [-0.15, -0.1) is 68.0 Å². The van der Waals surface area contributed by atoms with Crippen LogP contribution >= 0.6 is 68.0 Å². The molecule has 18 aromatic rings. The van der Waals surface area contributed by atoms with Gasteiger partial charge in [-0.05, 0) is 213 Å². The van der Waals surface area contributed by atoms with Crippen molar-refractivity contribution in [1.82, 2.24) is 50.3 Å². The van der Waals surface area contributed by atoms with E-state index in [0.29, 0.717) is 26.9 Å². The lowest BCUT2D eigenvalue weighted by atomic mass is 10.1. The third-order valence-electron chi connectivity index (χ3n) is 24.8. The van der Waals surface area contributed by atoms with Gasteiger partial charge in [0.15, 0.2) is 17.3 Å². The Morgan fingerprint density at radius 1 is 0.489 bits per heavy atom. The maximum absolute atomic E-state index is 13.3. The summed E-state index contributed by atoms with van der Waals surface area (Å²) in [5.41, 5.74) is 21.9. The Labute approximate surface area is 841 Å². The molecular formula is C108H116N16O11S6. The van der Waals surface area contributed by atoms with Crippen molar-refractivity contribution in [3.8, 4) is 0 Å². The number of benzene rings is 6. The molecule has 0 spiro atoms. The first kappa shape index (κ1) is 102. The van der Waals surface area contributed by atoms with Crippen molar-refractivity contribution in [3.63, 3.8) is 0 Å². The zero-order chi connectivity index (χ0) is 101. The average Bonchev–Trinajstić information content (AvgIpc) is 1.60. The summed E-state index contributed by atoms with van der Waals surface area (Å²) >= 11 is 8.95. The van der Waals surface area contributed by atoms with Gasteiger partial charge in [0, 0.05) is 207 Å². The molecule has 33 heteroatoms. The van der Waals surface area contributed by atoms with Crippen molar-refractivity contribution in [2.24, 2.45) is 5.92 Å². The summed E-state index contributed by atoms with van der Waals surface area (Å²) in [5.74, 6) is 0.127. The van der Waals surface area contributed by atoms with Gasteiger partial charge in [-0.2, -0.15) is 0 Å². The van der Waals surface area contributed by atoms with Crippen molar-refractivity contribution in [2.75, 3.05) is 80.8 Å². The molecule has 7 atom stereocenters. The second kappa shape index (κ2) is 42.7. The average molecular weight is 2010 g/mol. The van der Waals surface area contributed by atoms with Crippen LogP contribution in [-0.4, -0.2) is 178 Å². The Hall–Kier alpha value is -13.2. The maximum atomic E-state index is 13.3. The van der Waals surface area contributed by atoms with Gasteiger partial charge < -0.3 is 66.9 Å². The number of aryl methyl sites for hydroxylation is 6. The van der Waals surface area contributed by atoms with E-state index in [1.54, 1.807) is 60.7 Å². The summed E-state index contributed by atoms with van der Waals surface area (Å²) in [6.45, 7) is 35.0. The van der Waals surface area contributed by atoms with Crippen molar-refractivity contribution in [1.29, 1.82) is 0 Å². The van der Waals surface area contributed by atoms with Gasteiger partial charge in [0.2, 0.25) is 0 Å². The van der Waals surface area contributed by atoms with E-state index < -0.39 is 11.7 Å². The molecule has 730 valence electrons. The van der Waals surface area contributed by atoms with Gasteiger partial charge in [-0.3, -0.25) is 58.7 Å². The molecule has 0 saturated heterocycles. The number of likely N-dealkylation sites (N-methyl/N-ethyl adjacent to an activating group) is 2. The Morgan fingerprint density at radius 2 is 0.851 bits per heavy atom. The number of nitrogen functional groups attached to an aromatic ring is 1. The van der Waals surface area contributed by atoms with Gasteiger partial charge >= 0.3 is 6.09 Å². The second-order valence-electron chi connectivity index (χ2n) is 36.5. The first-order valence-corrected chi connectivity index (χ1v) is 51.4. The van der Waals surface area contributed by atoms with E-state index in [-0.39, 0.29) is 77.6 Å². The van der Waals surface area contributed by atoms with E-state index in [9.17, 15) is 38.4 Å². The molecule has 15 heterocycles. The minimum Gasteiger partial charge on any atom is -0.443 e. The lowest BCUT2D eigenvalue weighted by molar-refractivity contribution is -0.110. The number of rotatable bonds is 12. The molecule has 7 unspecified atom stereocenters. The number of nitrogens with two attached hydrogens (primary N) is 1. The number of aromatic nitrogens is 6. The smallest absolute Gasteiger partial charge is 0.417 e. The fraction of sp³-hybridized carbons (Fsp3) is 0.315. The molecule has 4 amide bonds. The van der Waals surface area contributed by atoms with Crippen molar-refractivity contribution >= 4 is 276 Å². The van der Waals surface area contributed by atoms with Crippen molar-refractivity contribution < 1.29 is 52.6 Å². The lowest BCUT2D eigenvalue weighted by Crippen LogP contribution is -2.46. The number of ether oxygens (including phenoxy) is 3. The van der Waals surface area contributed by atoms with Crippen LogP contribution < -0.4 is 43.0 Å². The van der Waals surface area contributed by atoms with Gasteiger partial charge in [0.05, 0.1) is 93.9 Å². The number of carbonyl (C=O) groups is 8. The zero-order valence-corrected chi connectivity index (χ0v) is 88.1. The van der Waals surface area contributed by atoms with E-state index in [1.165, 1.54) is 72.9 Å². The Morgan fingerprint density at radius 3 is 1.23 bits per heavy atom. The molecule has 0 bridgehead atoms. The Bertz CT molecular complexity index is 7990. The van der Waals surface area contributed by atoms with Crippen LogP contribution in [0.5, 0.6) is 0 Å². The number of ketones is 3. The predicted octanol–water partition coefficient (Wildman–Crippen LogP) is 24.6. The molecule has 9 N–H and O–H groups in total. The molecular weight excluding hydrogens is 1890 g/mol. The molecule has 21 rings (SSSR count). The van der Waals surface area contributed by atoms with E-state index in [4.69, 9.17) is 19.9 Å². The Kier molecular flexibility index (Phi) is 30.9. The number of pyridine rings is 6. The topological polar surface area (TPSA) is 358 Å². The van der Waals surface area contributed by atoms with E-state index in [1.807, 2.05) is 219 Å². The van der Waals surface area contributed by atoms with E-state index in [2.05, 4.69) is 97.5 Å². The number of carbonyl (C=O) groups excluding carboxylic acids is 8. The SMILES string of the molecule is CC(=O)c1sc2ccc3nc(C)ccc3c2c1N.CCC(C)C=O.CNC(C)C(Nc1c(C(C)=O)sc2ccc3nc(C)ccc3c12)OC.CNc1c(C(C)=O)sc2ccc3nc(C)ccc3c12.COC1Nc2c(sc3ccc4nc(C)ccc4c23)C(=O)N(C)C1C.Cc1ccc2c(ccc3sc4c(c32)NCC(C)N(C(=O)OC(C)(C)C)C4=O)n1.Cc1ccc2c(ccc3sc4c(c32)NCC(C)NC4=O)n1. The minimum absolute atomic E-state index is 0.0110. The highest BCUT2D eigenvalue weighted by molar-refractivity contribution is 7.24. The van der Waals surface area contributed by atoms with E-state index in [0.717, 1.165) is 222 Å². The normalized spacial score (nSPS) is 15.7. The minimum atomic E-state index is -0.667.